The lowest BCUT2D eigenvalue weighted by molar-refractivity contribution is 0.0525. The summed E-state index contributed by atoms with van der Waals surface area (Å²) in [5, 5.41) is 3.39. The molecule has 0 unspecified atom stereocenters. The molecule has 0 saturated carbocycles. The average Bonchev–Trinajstić information content (AvgIpc) is 3.16. The van der Waals surface area contributed by atoms with E-state index in [1.165, 1.54) is 11.3 Å². The van der Waals surface area contributed by atoms with Crippen LogP contribution in [0.4, 0.5) is 0 Å². The molecular weight excluding hydrogens is 426 g/mol. The Balaban J connectivity index is 2.29. The minimum atomic E-state index is -0.474. The predicted octanol–water partition coefficient (Wildman–Crippen LogP) is 4.99. The standard InChI is InChI=1S/C17H13BrClN3O2S/c1-2-24-17(23)13-12(9-18)21-15(16-20-7-8-25-16)22-14(13)10-5-3-4-6-11(10)19/h3-8H,2,9H2,1H3. The van der Waals surface area contributed by atoms with Crippen LogP contribution < -0.4 is 0 Å². The quantitative estimate of drug-likeness (QED) is 0.415. The molecule has 2 heterocycles. The van der Waals surface area contributed by atoms with Crippen molar-refractivity contribution in [2.75, 3.05) is 6.61 Å². The molecule has 1 aromatic carbocycles. The van der Waals surface area contributed by atoms with Crippen LogP contribution in [0.3, 0.4) is 0 Å². The minimum Gasteiger partial charge on any atom is -0.462 e. The fraction of sp³-hybridized carbons (Fsp3) is 0.176. The van der Waals surface area contributed by atoms with Gasteiger partial charge in [-0.1, -0.05) is 45.7 Å². The maximum atomic E-state index is 12.5. The van der Waals surface area contributed by atoms with Crippen LogP contribution in [0.1, 0.15) is 23.0 Å². The third-order valence-corrected chi connectivity index (χ3v) is 4.97. The first-order valence-electron chi connectivity index (χ1n) is 7.44. The number of alkyl halides is 1. The molecule has 3 rings (SSSR count). The number of benzene rings is 1. The number of esters is 1. The lowest BCUT2D eigenvalue weighted by atomic mass is 10.0. The molecule has 0 fully saturated rings. The first kappa shape index (κ1) is 18.0. The van der Waals surface area contributed by atoms with Crippen LogP contribution in [0.15, 0.2) is 35.8 Å². The van der Waals surface area contributed by atoms with Crippen molar-refractivity contribution in [3.8, 4) is 22.1 Å². The van der Waals surface area contributed by atoms with Crippen LogP contribution in [0.5, 0.6) is 0 Å². The lowest BCUT2D eigenvalue weighted by Gasteiger charge is -2.14. The molecule has 25 heavy (non-hydrogen) atoms. The number of carbonyl (C=O) groups is 1. The molecule has 0 spiro atoms. The van der Waals surface area contributed by atoms with Crippen LogP contribution in [0.25, 0.3) is 22.1 Å². The van der Waals surface area contributed by atoms with Crippen molar-refractivity contribution in [3.63, 3.8) is 0 Å². The highest BCUT2D eigenvalue weighted by Crippen LogP contribution is 2.33. The topological polar surface area (TPSA) is 65.0 Å². The highest BCUT2D eigenvalue weighted by Gasteiger charge is 2.24. The maximum absolute atomic E-state index is 12.5. The first-order valence-corrected chi connectivity index (χ1v) is 9.82. The summed E-state index contributed by atoms with van der Waals surface area (Å²) in [5.74, 6) is -0.0232. The van der Waals surface area contributed by atoms with Crippen molar-refractivity contribution < 1.29 is 9.53 Å². The molecule has 2 aromatic heterocycles. The molecule has 0 saturated heterocycles. The summed E-state index contributed by atoms with van der Waals surface area (Å²) in [5.41, 5.74) is 1.94. The third-order valence-electron chi connectivity index (χ3n) is 3.34. The van der Waals surface area contributed by atoms with Gasteiger partial charge >= 0.3 is 5.97 Å². The van der Waals surface area contributed by atoms with Gasteiger partial charge in [0.1, 0.15) is 5.56 Å². The Labute approximate surface area is 162 Å². The molecule has 8 heteroatoms. The summed E-state index contributed by atoms with van der Waals surface area (Å²) in [6.07, 6.45) is 1.69. The zero-order chi connectivity index (χ0) is 17.8. The van der Waals surface area contributed by atoms with Crippen LogP contribution in [0.2, 0.25) is 5.02 Å². The second kappa shape index (κ2) is 8.03. The number of ether oxygens (including phenoxy) is 1. The van der Waals surface area contributed by atoms with Crippen molar-refractivity contribution in [3.05, 3.63) is 52.1 Å². The van der Waals surface area contributed by atoms with Crippen LogP contribution >= 0.6 is 38.9 Å². The number of nitrogens with zero attached hydrogens (tertiary/aromatic N) is 3. The Hall–Kier alpha value is -1.83. The largest absolute Gasteiger partial charge is 0.462 e. The number of halogens is 2. The molecule has 5 nitrogen and oxygen atoms in total. The highest BCUT2D eigenvalue weighted by molar-refractivity contribution is 9.08. The SMILES string of the molecule is CCOC(=O)c1c(CBr)nc(-c2nccs2)nc1-c1ccccc1Cl. The van der Waals surface area contributed by atoms with E-state index in [1.54, 1.807) is 19.2 Å². The summed E-state index contributed by atoms with van der Waals surface area (Å²) in [6.45, 7) is 2.02. The fourth-order valence-corrected chi connectivity index (χ4v) is 3.50. The minimum absolute atomic E-state index is 0.261. The average molecular weight is 439 g/mol. The van der Waals surface area contributed by atoms with Crippen LogP contribution in [0, 0.1) is 0 Å². The van der Waals surface area contributed by atoms with E-state index >= 15 is 0 Å². The molecule has 0 atom stereocenters. The summed E-state index contributed by atoms with van der Waals surface area (Å²) in [7, 11) is 0. The molecule has 0 bridgehead atoms. The van der Waals surface area contributed by atoms with E-state index in [1.807, 2.05) is 23.6 Å². The van der Waals surface area contributed by atoms with Crippen molar-refractivity contribution >= 4 is 44.8 Å². The van der Waals surface area contributed by atoms with Gasteiger partial charge in [-0.15, -0.1) is 11.3 Å². The van der Waals surface area contributed by atoms with E-state index in [4.69, 9.17) is 16.3 Å². The molecule has 0 aliphatic rings. The fourth-order valence-electron chi connectivity index (χ4n) is 2.30. The molecule has 128 valence electrons. The molecule has 0 N–H and O–H groups in total. The molecular formula is C17H13BrClN3O2S. The van der Waals surface area contributed by atoms with Gasteiger partial charge < -0.3 is 4.74 Å². The number of aromatic nitrogens is 3. The smallest absolute Gasteiger partial charge is 0.342 e. The van der Waals surface area contributed by atoms with Gasteiger partial charge in [0.25, 0.3) is 0 Å². The second-order valence-electron chi connectivity index (χ2n) is 4.89. The van der Waals surface area contributed by atoms with Gasteiger partial charge in [0, 0.05) is 27.5 Å². The van der Waals surface area contributed by atoms with Gasteiger partial charge in [-0.05, 0) is 13.0 Å². The zero-order valence-electron chi connectivity index (χ0n) is 13.2. The number of thiazole rings is 1. The van der Waals surface area contributed by atoms with Gasteiger partial charge in [-0.2, -0.15) is 0 Å². The normalized spacial score (nSPS) is 10.7. The Bertz CT molecular complexity index is 903. The number of hydrogen-bond donors (Lipinski definition) is 0. The Morgan fingerprint density at radius 1 is 1.32 bits per heavy atom. The molecule has 0 amide bonds. The molecule has 3 aromatic rings. The molecule has 0 aliphatic heterocycles. The lowest BCUT2D eigenvalue weighted by Crippen LogP contribution is -2.13. The van der Waals surface area contributed by atoms with Crippen molar-refractivity contribution in [2.24, 2.45) is 0 Å². The molecule has 0 radical (unpaired) electrons. The van der Waals surface area contributed by atoms with Crippen molar-refractivity contribution in [1.82, 2.24) is 15.0 Å². The van der Waals surface area contributed by atoms with Crippen LogP contribution in [-0.4, -0.2) is 27.5 Å². The second-order valence-corrected chi connectivity index (χ2v) is 6.75. The first-order chi connectivity index (χ1) is 12.2. The summed E-state index contributed by atoms with van der Waals surface area (Å²) in [4.78, 5) is 25.9. The third kappa shape index (κ3) is 3.73. The Morgan fingerprint density at radius 2 is 2.12 bits per heavy atom. The van der Waals surface area contributed by atoms with E-state index in [2.05, 4.69) is 30.9 Å². The van der Waals surface area contributed by atoms with Crippen molar-refractivity contribution in [2.45, 2.75) is 12.3 Å². The number of carbonyl (C=O) groups excluding carboxylic acids is 1. The van der Waals surface area contributed by atoms with Gasteiger partial charge in [-0.3, -0.25) is 0 Å². The zero-order valence-corrected chi connectivity index (χ0v) is 16.4. The monoisotopic (exact) mass is 437 g/mol. The summed E-state index contributed by atoms with van der Waals surface area (Å²) >= 11 is 11.2. The maximum Gasteiger partial charge on any atom is 0.342 e. The van der Waals surface area contributed by atoms with Gasteiger partial charge in [0.2, 0.25) is 0 Å². The predicted molar refractivity (Wildman–Crippen MR) is 102 cm³/mol. The molecule has 0 aliphatic carbocycles. The van der Waals surface area contributed by atoms with Gasteiger partial charge in [0.15, 0.2) is 10.8 Å². The van der Waals surface area contributed by atoms with E-state index in [9.17, 15) is 4.79 Å². The van der Waals surface area contributed by atoms with Crippen molar-refractivity contribution in [1.29, 1.82) is 0 Å². The number of rotatable bonds is 5. The Kier molecular flexibility index (Phi) is 5.78. The summed E-state index contributed by atoms with van der Waals surface area (Å²) in [6, 6.07) is 7.24. The van der Waals surface area contributed by atoms with Crippen LogP contribution in [-0.2, 0) is 10.1 Å². The van der Waals surface area contributed by atoms with E-state index in [-0.39, 0.29) is 6.61 Å². The van der Waals surface area contributed by atoms with Gasteiger partial charge in [-0.25, -0.2) is 19.7 Å². The van der Waals surface area contributed by atoms with E-state index in [0.717, 1.165) is 0 Å². The van der Waals surface area contributed by atoms with E-state index < -0.39 is 5.97 Å². The number of hydrogen-bond acceptors (Lipinski definition) is 6. The highest BCUT2D eigenvalue weighted by atomic mass is 79.9. The summed E-state index contributed by atoms with van der Waals surface area (Å²) < 4.78 is 5.21. The van der Waals surface area contributed by atoms with E-state index in [0.29, 0.717) is 43.7 Å². The Morgan fingerprint density at radius 3 is 2.76 bits per heavy atom. The van der Waals surface area contributed by atoms with Gasteiger partial charge in [0.05, 0.1) is 18.0 Å².